The summed E-state index contributed by atoms with van der Waals surface area (Å²) >= 11 is 11.7. The predicted octanol–water partition coefficient (Wildman–Crippen LogP) is 3.00. The fourth-order valence-corrected chi connectivity index (χ4v) is 4.07. The van der Waals surface area contributed by atoms with Crippen molar-refractivity contribution in [2.45, 2.75) is 18.0 Å². The number of rotatable bonds is 2. The van der Waals surface area contributed by atoms with Gasteiger partial charge < -0.3 is 4.57 Å². The molecule has 1 aromatic carbocycles. The van der Waals surface area contributed by atoms with Gasteiger partial charge in [0.25, 0.3) is 0 Å². The third-order valence-corrected chi connectivity index (χ3v) is 5.96. The van der Waals surface area contributed by atoms with Crippen LogP contribution in [0.2, 0.25) is 10.0 Å². The lowest BCUT2D eigenvalue weighted by molar-refractivity contribution is 0.341. The van der Waals surface area contributed by atoms with Crippen molar-refractivity contribution in [2.75, 3.05) is 6.54 Å². The molecule has 0 spiro atoms. The van der Waals surface area contributed by atoms with Gasteiger partial charge in [-0.3, -0.25) is 0 Å². The zero-order valence-corrected chi connectivity index (χ0v) is 12.8. The summed E-state index contributed by atoms with van der Waals surface area (Å²) in [4.78, 5) is 0.173. The van der Waals surface area contributed by atoms with Crippen LogP contribution in [0.1, 0.15) is 5.69 Å². The number of hydrogen-bond acceptors (Lipinski definition) is 2. The van der Waals surface area contributed by atoms with E-state index in [-0.39, 0.29) is 9.92 Å². The summed E-state index contributed by atoms with van der Waals surface area (Å²) in [5.74, 6) is 0. The summed E-state index contributed by atoms with van der Waals surface area (Å²) in [6, 6.07) is 8.23. The molecule has 1 aromatic heterocycles. The van der Waals surface area contributed by atoms with E-state index in [4.69, 9.17) is 23.2 Å². The minimum atomic E-state index is -3.54. The zero-order valence-electron chi connectivity index (χ0n) is 10.5. The lowest BCUT2D eigenvalue weighted by Gasteiger charge is -2.28. The summed E-state index contributed by atoms with van der Waals surface area (Å²) in [6.07, 6.45) is 1.96. The van der Waals surface area contributed by atoms with Crippen LogP contribution >= 0.6 is 23.2 Å². The fourth-order valence-electron chi connectivity index (χ4n) is 2.28. The summed E-state index contributed by atoms with van der Waals surface area (Å²) < 4.78 is 28.7. The maximum absolute atomic E-state index is 12.6. The first kappa shape index (κ1) is 13.9. The Morgan fingerprint density at radius 3 is 2.60 bits per heavy atom. The number of sulfonamides is 1. The van der Waals surface area contributed by atoms with Crippen LogP contribution in [0.3, 0.4) is 0 Å². The second-order valence-corrected chi connectivity index (χ2v) is 7.36. The van der Waals surface area contributed by atoms with Crippen molar-refractivity contribution in [1.82, 2.24) is 8.87 Å². The van der Waals surface area contributed by atoms with E-state index in [1.54, 1.807) is 0 Å². The maximum Gasteiger partial charge on any atom is 0.243 e. The van der Waals surface area contributed by atoms with Crippen LogP contribution in [0.4, 0.5) is 0 Å². The van der Waals surface area contributed by atoms with Crippen molar-refractivity contribution in [1.29, 1.82) is 0 Å². The quantitative estimate of drug-likeness (QED) is 0.849. The summed E-state index contributed by atoms with van der Waals surface area (Å²) in [5.41, 5.74) is 0.986. The molecule has 0 fully saturated rings. The Balaban J connectivity index is 1.95. The monoisotopic (exact) mass is 330 g/mol. The minimum Gasteiger partial charge on any atom is -0.349 e. The van der Waals surface area contributed by atoms with E-state index >= 15 is 0 Å². The zero-order chi connectivity index (χ0) is 14.3. The molecule has 1 aliphatic heterocycles. The van der Waals surface area contributed by atoms with E-state index in [1.807, 2.05) is 18.3 Å². The Hall–Kier alpha value is -1.01. The van der Waals surface area contributed by atoms with Crippen molar-refractivity contribution < 1.29 is 8.42 Å². The highest BCUT2D eigenvalue weighted by Crippen LogP contribution is 2.28. The van der Waals surface area contributed by atoms with E-state index in [0.29, 0.717) is 24.7 Å². The summed E-state index contributed by atoms with van der Waals surface area (Å²) in [7, 11) is -3.54. The van der Waals surface area contributed by atoms with Gasteiger partial charge in [0.15, 0.2) is 0 Å². The molecule has 0 atom stereocenters. The largest absolute Gasteiger partial charge is 0.349 e. The summed E-state index contributed by atoms with van der Waals surface area (Å²) in [6.45, 7) is 1.47. The molecule has 4 nitrogen and oxygen atoms in total. The first-order chi connectivity index (χ1) is 9.48. The molecular formula is C13H12Cl2N2O2S. The first-order valence-electron chi connectivity index (χ1n) is 6.08. The van der Waals surface area contributed by atoms with Gasteiger partial charge in [-0.1, -0.05) is 23.2 Å². The highest BCUT2D eigenvalue weighted by molar-refractivity contribution is 7.89. The Labute approximate surface area is 127 Å². The van der Waals surface area contributed by atoms with Gasteiger partial charge in [-0.2, -0.15) is 4.31 Å². The lowest BCUT2D eigenvalue weighted by atomic mass is 10.3. The molecule has 0 saturated carbocycles. The number of hydrogen-bond donors (Lipinski definition) is 0. The summed E-state index contributed by atoms with van der Waals surface area (Å²) in [5, 5.41) is 0.589. The molecule has 2 heterocycles. The molecule has 0 aliphatic carbocycles. The Bertz CT molecular complexity index is 755. The van der Waals surface area contributed by atoms with Crippen molar-refractivity contribution >= 4 is 33.2 Å². The molecule has 1 aliphatic rings. The van der Waals surface area contributed by atoms with Gasteiger partial charge in [-0.25, -0.2) is 8.42 Å². The first-order valence-corrected chi connectivity index (χ1v) is 8.27. The number of aromatic nitrogens is 1. The molecule has 0 saturated heterocycles. The number of halogens is 2. The molecule has 2 aromatic rings. The average molecular weight is 331 g/mol. The topological polar surface area (TPSA) is 42.3 Å². The second kappa shape index (κ2) is 5.07. The molecule has 3 rings (SSSR count). The van der Waals surface area contributed by atoms with Gasteiger partial charge in [0, 0.05) is 25.0 Å². The van der Waals surface area contributed by atoms with E-state index in [0.717, 1.165) is 5.69 Å². The molecule has 0 unspecified atom stereocenters. The number of benzene rings is 1. The van der Waals surface area contributed by atoms with Crippen molar-refractivity contribution in [3.8, 4) is 0 Å². The van der Waals surface area contributed by atoms with Crippen LogP contribution in [-0.2, 0) is 23.1 Å². The highest BCUT2D eigenvalue weighted by atomic mass is 35.5. The molecule has 0 radical (unpaired) electrons. The number of nitrogens with zero attached hydrogens (tertiary/aromatic N) is 2. The van der Waals surface area contributed by atoms with Crippen LogP contribution in [0.15, 0.2) is 41.4 Å². The van der Waals surface area contributed by atoms with Gasteiger partial charge in [-0.05, 0) is 30.3 Å². The predicted molar refractivity (Wildman–Crippen MR) is 78.5 cm³/mol. The van der Waals surface area contributed by atoms with Crippen LogP contribution in [0.25, 0.3) is 0 Å². The Kier molecular flexibility index (Phi) is 3.54. The fraction of sp³-hybridized carbons (Fsp3) is 0.231. The third-order valence-electron chi connectivity index (χ3n) is 3.38. The molecule has 0 N–H and O–H groups in total. The van der Waals surface area contributed by atoms with Crippen molar-refractivity contribution in [2.24, 2.45) is 0 Å². The Morgan fingerprint density at radius 2 is 1.85 bits per heavy atom. The second-order valence-electron chi connectivity index (χ2n) is 4.61. The molecule has 0 bridgehead atoms. The molecular weight excluding hydrogens is 319 g/mol. The molecule has 0 amide bonds. The Morgan fingerprint density at radius 1 is 1.05 bits per heavy atom. The molecule has 106 valence electrons. The van der Waals surface area contributed by atoms with Crippen LogP contribution in [0, 0.1) is 0 Å². The van der Waals surface area contributed by atoms with Crippen LogP contribution < -0.4 is 0 Å². The van der Waals surface area contributed by atoms with Crippen LogP contribution in [-0.4, -0.2) is 23.8 Å². The highest BCUT2D eigenvalue weighted by Gasteiger charge is 2.28. The van der Waals surface area contributed by atoms with Gasteiger partial charge in [0.05, 0.1) is 21.5 Å². The number of fused-ring (bicyclic) bond motifs is 1. The SMILES string of the molecule is O=S(=O)(c1ccc(Cl)c(Cl)c1)N1CCn2cccc2C1. The van der Waals surface area contributed by atoms with E-state index in [9.17, 15) is 8.42 Å². The van der Waals surface area contributed by atoms with Gasteiger partial charge in [0.1, 0.15) is 0 Å². The van der Waals surface area contributed by atoms with E-state index in [2.05, 4.69) is 4.57 Å². The molecule has 20 heavy (non-hydrogen) atoms. The van der Waals surface area contributed by atoms with E-state index < -0.39 is 10.0 Å². The van der Waals surface area contributed by atoms with Gasteiger partial charge in [-0.15, -0.1) is 0 Å². The van der Waals surface area contributed by atoms with Gasteiger partial charge in [0.2, 0.25) is 10.0 Å². The third kappa shape index (κ3) is 2.35. The van der Waals surface area contributed by atoms with Gasteiger partial charge >= 0.3 is 0 Å². The normalized spacial score (nSPS) is 16.1. The average Bonchev–Trinajstić information content (AvgIpc) is 2.89. The van der Waals surface area contributed by atoms with Crippen molar-refractivity contribution in [3.63, 3.8) is 0 Å². The van der Waals surface area contributed by atoms with Crippen LogP contribution in [0.5, 0.6) is 0 Å². The molecule has 7 heteroatoms. The maximum atomic E-state index is 12.6. The lowest BCUT2D eigenvalue weighted by Crippen LogP contribution is -2.37. The minimum absolute atomic E-state index is 0.173. The smallest absolute Gasteiger partial charge is 0.243 e. The standard InChI is InChI=1S/C13H12Cl2N2O2S/c14-12-4-3-11(8-13(12)15)20(18,19)17-7-6-16-5-1-2-10(16)9-17/h1-5,8H,6-7,9H2. The van der Waals surface area contributed by atoms with Crippen molar-refractivity contribution in [3.05, 3.63) is 52.3 Å². The van der Waals surface area contributed by atoms with E-state index in [1.165, 1.54) is 22.5 Å².